The Hall–Kier alpha value is -1.13. The highest BCUT2D eigenvalue weighted by molar-refractivity contribution is 5.69. The molecule has 156 valence electrons. The molecule has 0 heterocycles. The number of methoxy groups -OCH3 is 1. The van der Waals surface area contributed by atoms with E-state index in [4.69, 9.17) is 0 Å². The summed E-state index contributed by atoms with van der Waals surface area (Å²) < 4.78 is 4.63. The zero-order valence-corrected chi connectivity index (χ0v) is 17.7. The SMILES string of the molecule is CCCCCC(C)(C)/C=C/[C@@H]1[C@@H](C/C=C\CCCC(=O)OC)[C@@H](O)C[C@H]1O. The molecule has 0 aromatic rings. The Labute approximate surface area is 165 Å². The molecule has 0 spiro atoms. The maximum absolute atomic E-state index is 11.1. The van der Waals surface area contributed by atoms with Crippen LogP contribution in [-0.4, -0.2) is 35.5 Å². The number of hydrogen-bond donors (Lipinski definition) is 2. The minimum absolute atomic E-state index is 0.00479. The van der Waals surface area contributed by atoms with Crippen LogP contribution >= 0.6 is 0 Å². The van der Waals surface area contributed by atoms with Gasteiger partial charge in [-0.1, -0.05) is 64.3 Å². The monoisotopic (exact) mass is 380 g/mol. The van der Waals surface area contributed by atoms with Gasteiger partial charge in [-0.2, -0.15) is 0 Å². The summed E-state index contributed by atoms with van der Waals surface area (Å²) in [5.41, 5.74) is 0.122. The average molecular weight is 381 g/mol. The molecule has 0 aliphatic heterocycles. The van der Waals surface area contributed by atoms with Gasteiger partial charge in [0.2, 0.25) is 0 Å². The molecule has 1 fully saturated rings. The Morgan fingerprint density at radius 1 is 1.15 bits per heavy atom. The summed E-state index contributed by atoms with van der Waals surface area (Å²) in [7, 11) is 1.41. The lowest BCUT2D eigenvalue weighted by atomic mass is 9.83. The third-order valence-corrected chi connectivity index (χ3v) is 5.66. The van der Waals surface area contributed by atoms with Crippen LogP contribution in [0.2, 0.25) is 0 Å². The Kier molecular flexibility index (Phi) is 10.9. The van der Waals surface area contributed by atoms with Crippen molar-refractivity contribution < 1.29 is 19.7 Å². The van der Waals surface area contributed by atoms with Crippen LogP contribution in [-0.2, 0) is 9.53 Å². The van der Waals surface area contributed by atoms with E-state index < -0.39 is 12.2 Å². The van der Waals surface area contributed by atoms with Crippen LogP contribution in [0.5, 0.6) is 0 Å². The van der Waals surface area contributed by atoms with Gasteiger partial charge in [0.1, 0.15) is 0 Å². The van der Waals surface area contributed by atoms with E-state index in [2.05, 4.69) is 49.8 Å². The number of carbonyl (C=O) groups is 1. The third-order valence-electron chi connectivity index (χ3n) is 5.66. The van der Waals surface area contributed by atoms with Gasteiger partial charge < -0.3 is 14.9 Å². The van der Waals surface area contributed by atoms with E-state index in [1.54, 1.807) is 0 Å². The first-order chi connectivity index (χ1) is 12.8. The molecular weight excluding hydrogens is 340 g/mol. The highest BCUT2D eigenvalue weighted by atomic mass is 16.5. The van der Waals surface area contributed by atoms with Crippen LogP contribution in [0.3, 0.4) is 0 Å². The number of allylic oxidation sites excluding steroid dienone is 3. The Balaban J connectivity index is 2.54. The zero-order chi connectivity index (χ0) is 20.3. The van der Waals surface area contributed by atoms with Crippen molar-refractivity contribution in [1.29, 1.82) is 0 Å². The second-order valence-electron chi connectivity index (χ2n) is 8.59. The van der Waals surface area contributed by atoms with Gasteiger partial charge in [-0.25, -0.2) is 0 Å². The van der Waals surface area contributed by atoms with Crippen molar-refractivity contribution in [2.75, 3.05) is 7.11 Å². The van der Waals surface area contributed by atoms with Crippen LogP contribution in [0.15, 0.2) is 24.3 Å². The van der Waals surface area contributed by atoms with Crippen molar-refractivity contribution in [3.05, 3.63) is 24.3 Å². The fourth-order valence-corrected chi connectivity index (χ4v) is 3.83. The van der Waals surface area contributed by atoms with Gasteiger partial charge in [0.05, 0.1) is 19.3 Å². The fourth-order valence-electron chi connectivity index (χ4n) is 3.83. The van der Waals surface area contributed by atoms with Crippen LogP contribution in [0.4, 0.5) is 0 Å². The number of aliphatic hydroxyl groups is 2. The molecule has 4 atom stereocenters. The van der Waals surface area contributed by atoms with Gasteiger partial charge >= 0.3 is 5.97 Å². The summed E-state index contributed by atoms with van der Waals surface area (Å²) in [5.74, 6) is -0.116. The molecule has 4 heteroatoms. The van der Waals surface area contributed by atoms with Crippen molar-refractivity contribution >= 4 is 5.97 Å². The van der Waals surface area contributed by atoms with E-state index in [-0.39, 0.29) is 23.2 Å². The van der Waals surface area contributed by atoms with E-state index in [0.29, 0.717) is 12.8 Å². The van der Waals surface area contributed by atoms with E-state index in [0.717, 1.165) is 25.7 Å². The number of unbranched alkanes of at least 4 members (excludes halogenated alkanes) is 3. The fraction of sp³-hybridized carbons (Fsp3) is 0.783. The highest BCUT2D eigenvalue weighted by Crippen LogP contribution is 2.37. The summed E-state index contributed by atoms with van der Waals surface area (Å²) >= 11 is 0. The van der Waals surface area contributed by atoms with Gasteiger partial charge in [-0.3, -0.25) is 4.79 Å². The van der Waals surface area contributed by atoms with Crippen LogP contribution in [0.1, 0.15) is 78.6 Å². The van der Waals surface area contributed by atoms with Gasteiger partial charge in [-0.05, 0) is 37.0 Å². The van der Waals surface area contributed by atoms with E-state index in [9.17, 15) is 15.0 Å². The van der Waals surface area contributed by atoms with Crippen molar-refractivity contribution in [2.24, 2.45) is 17.3 Å². The van der Waals surface area contributed by atoms with Gasteiger partial charge in [-0.15, -0.1) is 0 Å². The lowest BCUT2D eigenvalue weighted by Gasteiger charge is -2.24. The lowest BCUT2D eigenvalue weighted by molar-refractivity contribution is -0.140. The topological polar surface area (TPSA) is 66.8 Å². The summed E-state index contributed by atoms with van der Waals surface area (Å²) in [6, 6.07) is 0. The molecule has 1 rings (SSSR count). The molecule has 27 heavy (non-hydrogen) atoms. The number of esters is 1. The second kappa shape index (κ2) is 12.4. The zero-order valence-electron chi connectivity index (χ0n) is 17.7. The maximum atomic E-state index is 11.1. The van der Waals surface area contributed by atoms with Crippen molar-refractivity contribution in [1.82, 2.24) is 0 Å². The van der Waals surface area contributed by atoms with E-state index >= 15 is 0 Å². The predicted molar refractivity (Wildman–Crippen MR) is 110 cm³/mol. The summed E-state index contributed by atoms with van der Waals surface area (Å²) in [6.45, 7) is 6.70. The maximum Gasteiger partial charge on any atom is 0.305 e. The molecule has 0 unspecified atom stereocenters. The highest BCUT2D eigenvalue weighted by Gasteiger charge is 2.39. The van der Waals surface area contributed by atoms with Crippen LogP contribution in [0.25, 0.3) is 0 Å². The quantitative estimate of drug-likeness (QED) is 0.290. The molecular formula is C23H40O4. The van der Waals surface area contributed by atoms with Gasteiger partial charge in [0, 0.05) is 18.8 Å². The third kappa shape index (κ3) is 9.07. The Morgan fingerprint density at radius 3 is 2.56 bits per heavy atom. The molecule has 2 N–H and O–H groups in total. The predicted octanol–water partition coefficient (Wildman–Crippen LogP) is 4.80. The molecule has 0 aromatic carbocycles. The number of rotatable bonds is 12. The molecule has 1 aliphatic rings. The molecule has 0 aromatic heterocycles. The number of aliphatic hydroxyl groups excluding tert-OH is 2. The van der Waals surface area contributed by atoms with E-state index in [1.807, 2.05) is 0 Å². The number of hydrogen-bond acceptors (Lipinski definition) is 4. The van der Waals surface area contributed by atoms with Crippen LogP contribution < -0.4 is 0 Å². The summed E-state index contributed by atoms with van der Waals surface area (Å²) in [4.78, 5) is 11.1. The molecule has 0 bridgehead atoms. The summed E-state index contributed by atoms with van der Waals surface area (Å²) in [6.07, 6.45) is 15.7. The largest absolute Gasteiger partial charge is 0.469 e. The van der Waals surface area contributed by atoms with Gasteiger partial charge in [0.15, 0.2) is 0 Å². The minimum atomic E-state index is -0.472. The number of carbonyl (C=O) groups excluding carboxylic acids is 1. The van der Waals surface area contributed by atoms with Crippen molar-refractivity contribution in [3.8, 4) is 0 Å². The molecule has 0 saturated heterocycles. The first-order valence-electron chi connectivity index (χ1n) is 10.6. The molecule has 1 aliphatic carbocycles. The minimum Gasteiger partial charge on any atom is -0.469 e. The first kappa shape index (κ1) is 23.9. The van der Waals surface area contributed by atoms with Crippen molar-refractivity contribution in [3.63, 3.8) is 0 Å². The van der Waals surface area contributed by atoms with E-state index in [1.165, 1.54) is 26.4 Å². The van der Waals surface area contributed by atoms with Crippen molar-refractivity contribution in [2.45, 2.75) is 90.8 Å². The standard InChI is InChI=1S/C23H40O4/c1-5-6-11-15-23(2,3)16-14-19-18(20(24)17-21(19)25)12-9-7-8-10-13-22(26)27-4/h7,9,14,16,18-21,24-25H,5-6,8,10-13,15,17H2,1-4H3/b9-7-,16-14+/t18-,19-,20+,21-/m1/s1. The Bertz CT molecular complexity index is 481. The molecule has 1 saturated carbocycles. The smallest absolute Gasteiger partial charge is 0.305 e. The molecule has 4 nitrogen and oxygen atoms in total. The Morgan fingerprint density at radius 2 is 1.89 bits per heavy atom. The normalized spacial score (nSPS) is 26.3. The lowest BCUT2D eigenvalue weighted by Crippen LogP contribution is -2.20. The second-order valence-corrected chi connectivity index (χ2v) is 8.59. The molecule has 0 radical (unpaired) electrons. The van der Waals surface area contributed by atoms with Gasteiger partial charge in [0.25, 0.3) is 0 Å². The summed E-state index contributed by atoms with van der Waals surface area (Å²) in [5, 5.41) is 20.7. The average Bonchev–Trinajstić information content (AvgIpc) is 2.89. The number of ether oxygens (including phenoxy) is 1. The first-order valence-corrected chi connectivity index (χ1v) is 10.6. The van der Waals surface area contributed by atoms with Crippen LogP contribution in [0, 0.1) is 17.3 Å². The molecule has 0 amide bonds.